The predicted molar refractivity (Wildman–Crippen MR) is 88.3 cm³/mol. The van der Waals surface area contributed by atoms with Crippen LogP contribution in [-0.2, 0) is 20.8 Å². The highest BCUT2D eigenvalue weighted by Crippen LogP contribution is 2.17. The number of carbonyl (C=O) groups excluding carboxylic acids is 2. The Labute approximate surface area is 139 Å². The molecule has 128 valence electrons. The fraction of sp³-hybridized carbons (Fsp3) is 0.600. The van der Waals surface area contributed by atoms with Crippen LogP contribution in [0.5, 0.6) is 0 Å². The molecule has 1 heterocycles. The number of anilines is 1. The first-order valence-electron chi connectivity index (χ1n) is 7.52. The lowest BCUT2D eigenvalue weighted by molar-refractivity contribution is -0.143. The second kappa shape index (κ2) is 8.61. The summed E-state index contributed by atoms with van der Waals surface area (Å²) in [4.78, 5) is 38.9. The van der Waals surface area contributed by atoms with Crippen molar-refractivity contribution in [3.8, 4) is 0 Å². The second-order valence-electron chi connectivity index (χ2n) is 5.73. The SMILES string of the molecule is CC[C@H](C)[C@H](NC(=O)Cc1csc(NC(=O)C(C)C)n1)C(=O)O. The number of carboxylic acids is 1. The van der Waals surface area contributed by atoms with Crippen LogP contribution in [0.3, 0.4) is 0 Å². The molecule has 7 nitrogen and oxygen atoms in total. The summed E-state index contributed by atoms with van der Waals surface area (Å²) in [5.74, 6) is -1.90. The number of aromatic nitrogens is 1. The van der Waals surface area contributed by atoms with Crippen LogP contribution in [0.25, 0.3) is 0 Å². The zero-order valence-electron chi connectivity index (χ0n) is 13.8. The molecular formula is C15H23N3O4S. The van der Waals surface area contributed by atoms with Crippen LogP contribution in [0.2, 0.25) is 0 Å². The Balaban J connectivity index is 2.62. The maximum atomic E-state index is 12.0. The molecule has 0 fully saturated rings. The Bertz CT molecular complexity index is 571. The van der Waals surface area contributed by atoms with Gasteiger partial charge in [-0.3, -0.25) is 9.59 Å². The molecule has 0 bridgehead atoms. The zero-order valence-corrected chi connectivity index (χ0v) is 14.6. The van der Waals surface area contributed by atoms with Crippen molar-refractivity contribution in [2.24, 2.45) is 11.8 Å². The molecule has 0 aromatic carbocycles. The van der Waals surface area contributed by atoms with Crippen molar-refractivity contribution < 1.29 is 19.5 Å². The average molecular weight is 341 g/mol. The van der Waals surface area contributed by atoms with Gasteiger partial charge in [0.1, 0.15) is 6.04 Å². The van der Waals surface area contributed by atoms with Gasteiger partial charge in [0.25, 0.3) is 0 Å². The molecule has 1 aromatic rings. The Morgan fingerprint density at radius 2 is 1.96 bits per heavy atom. The van der Waals surface area contributed by atoms with E-state index in [1.54, 1.807) is 26.2 Å². The van der Waals surface area contributed by atoms with Crippen LogP contribution >= 0.6 is 11.3 Å². The maximum Gasteiger partial charge on any atom is 0.326 e. The average Bonchev–Trinajstić information content (AvgIpc) is 2.90. The van der Waals surface area contributed by atoms with E-state index in [0.717, 1.165) is 0 Å². The van der Waals surface area contributed by atoms with Crippen molar-refractivity contribution >= 4 is 34.3 Å². The van der Waals surface area contributed by atoms with Crippen LogP contribution in [-0.4, -0.2) is 33.9 Å². The first-order chi connectivity index (χ1) is 10.7. The number of rotatable bonds is 8. The number of amides is 2. The van der Waals surface area contributed by atoms with Crippen molar-refractivity contribution in [1.29, 1.82) is 0 Å². The molecule has 0 aliphatic carbocycles. The summed E-state index contributed by atoms with van der Waals surface area (Å²) in [6, 6.07) is -0.911. The van der Waals surface area contributed by atoms with Crippen molar-refractivity contribution in [2.75, 3.05) is 5.32 Å². The number of nitrogens with one attached hydrogen (secondary N) is 2. The number of carbonyl (C=O) groups is 3. The van der Waals surface area contributed by atoms with Gasteiger partial charge in [-0.05, 0) is 5.92 Å². The van der Waals surface area contributed by atoms with Crippen molar-refractivity contribution in [2.45, 2.75) is 46.6 Å². The molecule has 0 saturated carbocycles. The topological polar surface area (TPSA) is 108 Å². The molecule has 1 aromatic heterocycles. The number of thiazole rings is 1. The lowest BCUT2D eigenvalue weighted by Crippen LogP contribution is -2.45. The van der Waals surface area contributed by atoms with Gasteiger partial charge in [-0.2, -0.15) is 0 Å². The van der Waals surface area contributed by atoms with Gasteiger partial charge in [0.15, 0.2) is 5.13 Å². The molecule has 0 saturated heterocycles. The molecule has 0 radical (unpaired) electrons. The molecule has 0 aliphatic heterocycles. The van der Waals surface area contributed by atoms with E-state index < -0.39 is 17.9 Å². The molecule has 2 atom stereocenters. The first kappa shape index (κ1) is 19.1. The number of hydrogen-bond acceptors (Lipinski definition) is 5. The number of hydrogen-bond donors (Lipinski definition) is 3. The molecule has 0 spiro atoms. The van der Waals surface area contributed by atoms with Crippen molar-refractivity contribution in [1.82, 2.24) is 10.3 Å². The van der Waals surface area contributed by atoms with E-state index in [1.807, 2.05) is 6.92 Å². The lowest BCUT2D eigenvalue weighted by atomic mass is 9.99. The van der Waals surface area contributed by atoms with Crippen molar-refractivity contribution in [3.05, 3.63) is 11.1 Å². The lowest BCUT2D eigenvalue weighted by Gasteiger charge is -2.19. The zero-order chi connectivity index (χ0) is 17.6. The van der Waals surface area contributed by atoms with Crippen LogP contribution in [0, 0.1) is 11.8 Å². The summed E-state index contributed by atoms with van der Waals surface area (Å²) in [6.45, 7) is 7.20. The summed E-state index contributed by atoms with van der Waals surface area (Å²) in [5.41, 5.74) is 0.500. The van der Waals surface area contributed by atoms with Gasteiger partial charge in [0, 0.05) is 11.3 Å². The monoisotopic (exact) mass is 341 g/mol. The molecule has 23 heavy (non-hydrogen) atoms. The molecule has 3 N–H and O–H groups in total. The summed E-state index contributed by atoms with van der Waals surface area (Å²) >= 11 is 1.23. The van der Waals surface area contributed by atoms with Gasteiger partial charge in [-0.1, -0.05) is 34.1 Å². The summed E-state index contributed by atoms with van der Waals surface area (Å²) in [5, 5.41) is 16.5. The fourth-order valence-electron chi connectivity index (χ4n) is 1.77. The molecular weight excluding hydrogens is 318 g/mol. The van der Waals surface area contributed by atoms with Crippen LogP contribution < -0.4 is 10.6 Å². The summed E-state index contributed by atoms with van der Waals surface area (Å²) in [7, 11) is 0. The van der Waals surface area contributed by atoms with Gasteiger partial charge < -0.3 is 15.7 Å². The predicted octanol–water partition coefficient (Wildman–Crippen LogP) is 1.90. The van der Waals surface area contributed by atoms with E-state index in [0.29, 0.717) is 17.2 Å². The summed E-state index contributed by atoms with van der Waals surface area (Å²) < 4.78 is 0. The minimum Gasteiger partial charge on any atom is -0.480 e. The van der Waals surface area contributed by atoms with Crippen molar-refractivity contribution in [3.63, 3.8) is 0 Å². The number of aliphatic carboxylic acids is 1. The molecule has 1 rings (SSSR count). The smallest absolute Gasteiger partial charge is 0.326 e. The van der Waals surface area contributed by atoms with Crippen LogP contribution in [0.4, 0.5) is 5.13 Å². The fourth-order valence-corrected chi connectivity index (χ4v) is 2.48. The summed E-state index contributed by atoms with van der Waals surface area (Å²) in [6.07, 6.45) is 0.633. The molecule has 0 unspecified atom stereocenters. The Morgan fingerprint density at radius 1 is 1.30 bits per heavy atom. The molecule has 2 amide bonds. The highest BCUT2D eigenvalue weighted by Gasteiger charge is 2.25. The van der Waals surface area contributed by atoms with Crippen LogP contribution in [0.15, 0.2) is 5.38 Å². The first-order valence-corrected chi connectivity index (χ1v) is 8.40. The van der Waals surface area contributed by atoms with E-state index in [2.05, 4.69) is 15.6 Å². The van der Waals surface area contributed by atoms with E-state index in [1.165, 1.54) is 11.3 Å². The normalized spacial score (nSPS) is 13.4. The van der Waals surface area contributed by atoms with E-state index in [4.69, 9.17) is 5.11 Å². The Hall–Kier alpha value is -1.96. The Kier molecular flexibility index (Phi) is 7.15. The highest BCUT2D eigenvalue weighted by molar-refractivity contribution is 7.13. The second-order valence-corrected chi connectivity index (χ2v) is 6.59. The standard InChI is InChI=1S/C15H23N3O4S/c1-5-9(4)12(14(21)22)17-11(19)6-10-7-23-15(16-10)18-13(20)8(2)3/h7-9,12H,5-6H2,1-4H3,(H,17,19)(H,21,22)(H,16,18,20)/t9-,12-/m0/s1. The largest absolute Gasteiger partial charge is 0.480 e. The molecule has 8 heteroatoms. The van der Waals surface area contributed by atoms with Gasteiger partial charge in [-0.25, -0.2) is 9.78 Å². The number of carboxylic acid groups (broad SMARTS) is 1. The third-order valence-electron chi connectivity index (χ3n) is 3.44. The van der Waals surface area contributed by atoms with Crippen LogP contribution in [0.1, 0.15) is 39.8 Å². The number of nitrogens with zero attached hydrogens (tertiary/aromatic N) is 1. The van der Waals surface area contributed by atoms with Gasteiger partial charge in [-0.15, -0.1) is 11.3 Å². The van der Waals surface area contributed by atoms with E-state index >= 15 is 0 Å². The van der Waals surface area contributed by atoms with E-state index in [-0.39, 0.29) is 24.2 Å². The minimum absolute atomic E-state index is 0.0196. The van der Waals surface area contributed by atoms with Gasteiger partial charge >= 0.3 is 5.97 Å². The minimum atomic E-state index is -1.05. The van der Waals surface area contributed by atoms with E-state index in [9.17, 15) is 14.4 Å². The Morgan fingerprint density at radius 3 is 2.48 bits per heavy atom. The quantitative estimate of drug-likeness (QED) is 0.669. The van der Waals surface area contributed by atoms with Gasteiger partial charge in [0.05, 0.1) is 12.1 Å². The third-order valence-corrected chi connectivity index (χ3v) is 4.25. The van der Waals surface area contributed by atoms with Gasteiger partial charge in [0.2, 0.25) is 11.8 Å². The highest BCUT2D eigenvalue weighted by atomic mass is 32.1. The maximum absolute atomic E-state index is 12.0. The molecule has 0 aliphatic rings. The third kappa shape index (κ3) is 5.97.